The number of amides is 2. The van der Waals surface area contributed by atoms with E-state index in [9.17, 15) is 9.59 Å². The summed E-state index contributed by atoms with van der Waals surface area (Å²) in [6.07, 6.45) is -1.14. The molecule has 2 heterocycles. The van der Waals surface area contributed by atoms with E-state index in [0.29, 0.717) is 37.1 Å². The Balaban J connectivity index is 1.86. The van der Waals surface area contributed by atoms with Crippen molar-refractivity contribution in [3.63, 3.8) is 0 Å². The first-order chi connectivity index (χ1) is 15.3. The van der Waals surface area contributed by atoms with Crippen LogP contribution >= 0.6 is 0 Å². The van der Waals surface area contributed by atoms with Crippen LogP contribution in [0.3, 0.4) is 0 Å². The van der Waals surface area contributed by atoms with Gasteiger partial charge >= 0.3 is 12.2 Å². The highest BCUT2D eigenvalue weighted by molar-refractivity contribution is 6.00. The van der Waals surface area contributed by atoms with Crippen LogP contribution in [0.25, 0.3) is 0 Å². The van der Waals surface area contributed by atoms with E-state index in [4.69, 9.17) is 15.2 Å². The Kier molecular flexibility index (Phi) is 8.30. The molecule has 5 N–H and O–H groups in total. The quantitative estimate of drug-likeness (QED) is 0.490. The maximum Gasteiger partial charge on any atom is 0.414 e. The lowest BCUT2D eigenvalue weighted by Crippen LogP contribution is -2.52. The molecule has 2 aliphatic heterocycles. The Morgan fingerprint density at radius 2 is 2.06 bits per heavy atom. The van der Waals surface area contributed by atoms with E-state index in [2.05, 4.69) is 16.0 Å². The predicted octanol–water partition coefficient (Wildman–Crippen LogP) is 1.16. The topological polar surface area (TPSA) is 121 Å². The molecule has 3 atom stereocenters. The molecule has 0 spiro atoms. The second-order valence-electron chi connectivity index (χ2n) is 8.60. The number of ether oxygens (including phenoxy) is 2. The zero-order chi connectivity index (χ0) is 23.3. The minimum atomic E-state index is -0.460. The van der Waals surface area contributed by atoms with Crippen LogP contribution in [0.1, 0.15) is 32.3 Å². The van der Waals surface area contributed by atoms with Crippen LogP contribution in [-0.4, -0.2) is 76.9 Å². The normalized spacial score (nSPS) is 21.4. The molecule has 2 unspecified atom stereocenters. The van der Waals surface area contributed by atoms with Crippen LogP contribution in [-0.2, 0) is 9.47 Å². The number of carbonyl (C=O) groups excluding carboxylic acids is 2. The van der Waals surface area contributed by atoms with E-state index < -0.39 is 12.2 Å². The first-order valence-corrected chi connectivity index (χ1v) is 11.2. The monoisotopic (exact) mass is 448 g/mol. The van der Waals surface area contributed by atoms with E-state index in [1.165, 1.54) is 7.11 Å². The Morgan fingerprint density at radius 3 is 2.69 bits per heavy atom. The fourth-order valence-corrected chi connectivity index (χ4v) is 4.16. The zero-order valence-electron chi connectivity index (χ0n) is 19.4. The summed E-state index contributed by atoms with van der Waals surface area (Å²) in [6.45, 7) is 9.58. The van der Waals surface area contributed by atoms with Gasteiger partial charge < -0.3 is 25.8 Å². The van der Waals surface area contributed by atoms with Gasteiger partial charge in [-0.15, -0.1) is 0 Å². The number of methoxy groups -OCH3 is 1. The Hall–Kier alpha value is -2.40. The fraction of sp³-hybridized carbons (Fsp3) is 0.636. The van der Waals surface area contributed by atoms with Gasteiger partial charge in [-0.3, -0.25) is 15.1 Å². The van der Waals surface area contributed by atoms with Gasteiger partial charge in [-0.25, -0.2) is 9.59 Å². The smallest absolute Gasteiger partial charge is 0.414 e. The Labute approximate surface area is 189 Å². The van der Waals surface area contributed by atoms with Crippen LogP contribution in [0.4, 0.5) is 21.0 Å². The SMILES string of the molecule is COC(=O)N1c2ccc(C(CN)CNCC3CNCN3)cc2N(C(=O)OC(C)C)C[C@@H]1C. The summed E-state index contributed by atoms with van der Waals surface area (Å²) in [6, 6.07) is 5.90. The lowest BCUT2D eigenvalue weighted by Gasteiger charge is -2.40. The Morgan fingerprint density at radius 1 is 1.28 bits per heavy atom. The van der Waals surface area contributed by atoms with Crippen LogP contribution in [0.15, 0.2) is 18.2 Å². The van der Waals surface area contributed by atoms with E-state index in [1.807, 2.05) is 39.0 Å². The summed E-state index contributed by atoms with van der Waals surface area (Å²) in [5, 5.41) is 10.1. The summed E-state index contributed by atoms with van der Waals surface area (Å²) >= 11 is 0. The summed E-state index contributed by atoms with van der Waals surface area (Å²) in [5.41, 5.74) is 8.33. The number of hydrogen-bond acceptors (Lipinski definition) is 8. The first-order valence-electron chi connectivity index (χ1n) is 11.2. The number of nitrogens with one attached hydrogen (secondary N) is 3. The molecular weight excluding hydrogens is 412 g/mol. The van der Waals surface area contributed by atoms with Gasteiger partial charge in [0.1, 0.15) is 0 Å². The predicted molar refractivity (Wildman–Crippen MR) is 124 cm³/mol. The van der Waals surface area contributed by atoms with Crippen molar-refractivity contribution in [3.05, 3.63) is 23.8 Å². The molecule has 178 valence electrons. The number of carbonyl (C=O) groups is 2. The van der Waals surface area contributed by atoms with Gasteiger partial charge in [0, 0.05) is 44.8 Å². The first kappa shape index (κ1) is 24.2. The molecule has 3 rings (SSSR count). The number of anilines is 2. The highest BCUT2D eigenvalue weighted by Crippen LogP contribution is 2.38. The second kappa shape index (κ2) is 11.0. The average Bonchev–Trinajstić information content (AvgIpc) is 3.28. The van der Waals surface area contributed by atoms with Gasteiger partial charge in [0.05, 0.1) is 37.2 Å². The maximum atomic E-state index is 12.9. The number of hydrogen-bond donors (Lipinski definition) is 4. The zero-order valence-corrected chi connectivity index (χ0v) is 19.4. The molecule has 0 bridgehead atoms. The van der Waals surface area contributed by atoms with Gasteiger partial charge in [0.2, 0.25) is 0 Å². The number of nitrogens with zero attached hydrogens (tertiary/aromatic N) is 2. The van der Waals surface area contributed by atoms with Crippen LogP contribution in [0.5, 0.6) is 0 Å². The molecular formula is C22H36N6O4. The highest BCUT2D eigenvalue weighted by atomic mass is 16.6. The summed E-state index contributed by atoms with van der Waals surface area (Å²) in [4.78, 5) is 28.5. The largest absolute Gasteiger partial charge is 0.452 e. The van der Waals surface area contributed by atoms with Gasteiger partial charge in [-0.1, -0.05) is 6.07 Å². The van der Waals surface area contributed by atoms with Crippen molar-refractivity contribution in [2.45, 2.75) is 44.9 Å². The van der Waals surface area contributed by atoms with Crippen LogP contribution in [0, 0.1) is 0 Å². The van der Waals surface area contributed by atoms with Crippen molar-refractivity contribution in [2.24, 2.45) is 5.73 Å². The van der Waals surface area contributed by atoms with Gasteiger partial charge in [-0.05, 0) is 38.5 Å². The summed E-state index contributed by atoms with van der Waals surface area (Å²) in [7, 11) is 1.35. The van der Waals surface area contributed by atoms with Gasteiger partial charge in [-0.2, -0.15) is 0 Å². The molecule has 1 fully saturated rings. The lowest BCUT2D eigenvalue weighted by molar-refractivity contribution is 0.121. The van der Waals surface area contributed by atoms with Crippen molar-refractivity contribution in [1.29, 1.82) is 0 Å². The molecule has 10 heteroatoms. The van der Waals surface area contributed by atoms with Crippen molar-refractivity contribution in [3.8, 4) is 0 Å². The molecule has 2 aliphatic rings. The molecule has 1 aromatic carbocycles. The molecule has 10 nitrogen and oxygen atoms in total. The molecule has 0 aliphatic carbocycles. The van der Waals surface area contributed by atoms with Gasteiger partial charge in [0.25, 0.3) is 0 Å². The number of benzene rings is 1. The molecule has 0 radical (unpaired) electrons. The number of nitrogens with two attached hydrogens (primary N) is 1. The van der Waals surface area contributed by atoms with E-state index in [-0.39, 0.29) is 18.1 Å². The lowest BCUT2D eigenvalue weighted by atomic mass is 9.96. The number of rotatable bonds is 7. The molecule has 0 aromatic heterocycles. The minimum Gasteiger partial charge on any atom is -0.452 e. The Bertz CT molecular complexity index is 799. The van der Waals surface area contributed by atoms with Crippen LogP contribution in [0.2, 0.25) is 0 Å². The fourth-order valence-electron chi connectivity index (χ4n) is 4.16. The third-order valence-corrected chi connectivity index (χ3v) is 5.81. The molecule has 32 heavy (non-hydrogen) atoms. The minimum absolute atomic E-state index is 0.0589. The van der Waals surface area contributed by atoms with E-state index >= 15 is 0 Å². The van der Waals surface area contributed by atoms with E-state index in [0.717, 1.165) is 25.3 Å². The summed E-state index contributed by atoms with van der Waals surface area (Å²) in [5.74, 6) is 0.0589. The average molecular weight is 449 g/mol. The summed E-state index contributed by atoms with van der Waals surface area (Å²) < 4.78 is 10.5. The van der Waals surface area contributed by atoms with E-state index in [1.54, 1.807) is 9.80 Å². The maximum absolute atomic E-state index is 12.9. The highest BCUT2D eigenvalue weighted by Gasteiger charge is 2.37. The molecule has 0 saturated carbocycles. The molecule has 1 saturated heterocycles. The third kappa shape index (κ3) is 5.50. The van der Waals surface area contributed by atoms with Crippen molar-refractivity contribution < 1.29 is 19.1 Å². The third-order valence-electron chi connectivity index (χ3n) is 5.81. The molecule has 2 amide bonds. The van der Waals surface area contributed by atoms with Gasteiger partial charge in [0.15, 0.2) is 0 Å². The van der Waals surface area contributed by atoms with Crippen LogP contribution < -0.4 is 31.5 Å². The van der Waals surface area contributed by atoms with Crippen molar-refractivity contribution in [2.75, 3.05) is 56.3 Å². The molecule has 1 aromatic rings. The second-order valence-corrected chi connectivity index (χ2v) is 8.60. The standard InChI is InChI=1S/C22H36N6O4/c1-14(2)32-21(29)27-12-15(3)28(22(30)31-4)19-6-5-16(7-20(19)27)17(8-23)9-24-10-18-11-25-13-26-18/h5-7,14-15,17-18,24-26H,8-13,23H2,1-4H3/t15-,17?,18?/m0/s1. The van der Waals surface area contributed by atoms with Crippen molar-refractivity contribution >= 4 is 23.6 Å². The number of fused-ring (bicyclic) bond motifs is 1. The van der Waals surface area contributed by atoms with Crippen molar-refractivity contribution in [1.82, 2.24) is 16.0 Å².